The predicted molar refractivity (Wildman–Crippen MR) is 60.1 cm³/mol. The number of fused-ring (bicyclic) bond motifs is 1. The van der Waals surface area contributed by atoms with Gasteiger partial charge in [-0.15, -0.1) is 0 Å². The van der Waals surface area contributed by atoms with Crippen LogP contribution in [0, 0.1) is 0 Å². The number of nitrogens with zero attached hydrogens (tertiary/aromatic N) is 1. The monoisotopic (exact) mass is 224 g/mol. The number of carbonyl (C=O) groups is 1. The minimum Gasteiger partial charge on any atom is -0.468 e. The van der Waals surface area contributed by atoms with Crippen LogP contribution in [-0.2, 0) is 9.53 Å². The average molecular weight is 224 g/mol. The molecule has 4 nitrogen and oxygen atoms in total. The SMILES string of the molecule is COC(=O)C1(NC2CC2)CCN2CCCC21. The highest BCUT2D eigenvalue weighted by Crippen LogP contribution is 2.39. The van der Waals surface area contributed by atoms with Crippen LogP contribution in [0.4, 0.5) is 0 Å². The summed E-state index contributed by atoms with van der Waals surface area (Å²) in [4.78, 5) is 14.6. The maximum absolute atomic E-state index is 12.1. The van der Waals surface area contributed by atoms with Gasteiger partial charge in [0.15, 0.2) is 0 Å². The van der Waals surface area contributed by atoms with Crippen LogP contribution in [0.3, 0.4) is 0 Å². The maximum atomic E-state index is 12.1. The Morgan fingerprint density at radius 2 is 2.19 bits per heavy atom. The normalized spacial score (nSPS) is 38.7. The first-order valence-corrected chi connectivity index (χ1v) is 6.36. The summed E-state index contributed by atoms with van der Waals surface area (Å²) < 4.78 is 5.05. The molecule has 1 saturated carbocycles. The molecule has 0 radical (unpaired) electrons. The van der Waals surface area contributed by atoms with Gasteiger partial charge in [0.25, 0.3) is 0 Å². The molecule has 90 valence electrons. The minimum absolute atomic E-state index is 0.0474. The Balaban J connectivity index is 1.85. The van der Waals surface area contributed by atoms with Crippen LogP contribution in [0.1, 0.15) is 32.1 Å². The third-order valence-electron chi connectivity index (χ3n) is 4.31. The number of hydrogen-bond donors (Lipinski definition) is 1. The van der Waals surface area contributed by atoms with Crippen molar-refractivity contribution in [2.24, 2.45) is 0 Å². The molecule has 0 spiro atoms. The molecular weight excluding hydrogens is 204 g/mol. The Kier molecular flexibility index (Phi) is 2.44. The number of carbonyl (C=O) groups excluding carboxylic acids is 1. The van der Waals surface area contributed by atoms with Crippen molar-refractivity contribution in [2.45, 2.75) is 49.7 Å². The van der Waals surface area contributed by atoms with Crippen molar-refractivity contribution >= 4 is 5.97 Å². The van der Waals surface area contributed by atoms with Gasteiger partial charge in [0.05, 0.1) is 7.11 Å². The summed E-state index contributed by atoms with van der Waals surface area (Å²) in [6.45, 7) is 2.19. The molecule has 2 unspecified atom stereocenters. The fraction of sp³-hybridized carbons (Fsp3) is 0.917. The van der Waals surface area contributed by atoms with E-state index in [1.807, 2.05) is 0 Å². The molecule has 2 heterocycles. The molecule has 2 saturated heterocycles. The number of methoxy groups -OCH3 is 1. The van der Waals surface area contributed by atoms with E-state index in [1.165, 1.54) is 26.4 Å². The van der Waals surface area contributed by atoms with E-state index >= 15 is 0 Å². The van der Waals surface area contributed by atoms with Crippen LogP contribution in [-0.4, -0.2) is 48.7 Å². The molecule has 0 aromatic heterocycles. The van der Waals surface area contributed by atoms with E-state index in [0.717, 1.165) is 25.9 Å². The lowest BCUT2D eigenvalue weighted by Gasteiger charge is -2.33. The Morgan fingerprint density at radius 1 is 1.38 bits per heavy atom. The summed E-state index contributed by atoms with van der Waals surface area (Å²) >= 11 is 0. The molecule has 4 heteroatoms. The van der Waals surface area contributed by atoms with Gasteiger partial charge in [-0.25, -0.2) is 4.79 Å². The Hall–Kier alpha value is -0.610. The van der Waals surface area contributed by atoms with E-state index in [0.29, 0.717) is 12.1 Å². The molecule has 2 aliphatic heterocycles. The van der Waals surface area contributed by atoms with Crippen molar-refractivity contribution in [3.8, 4) is 0 Å². The molecule has 3 aliphatic rings. The topological polar surface area (TPSA) is 41.6 Å². The summed E-state index contributed by atoms with van der Waals surface area (Å²) in [6, 6.07) is 0.931. The second-order valence-electron chi connectivity index (χ2n) is 5.33. The van der Waals surface area contributed by atoms with Crippen LogP contribution in [0.5, 0.6) is 0 Å². The van der Waals surface area contributed by atoms with E-state index in [9.17, 15) is 4.79 Å². The number of nitrogens with one attached hydrogen (secondary N) is 1. The first kappa shape index (κ1) is 10.5. The Labute approximate surface area is 96.3 Å². The third kappa shape index (κ3) is 1.47. The van der Waals surface area contributed by atoms with Gasteiger partial charge < -0.3 is 4.74 Å². The van der Waals surface area contributed by atoms with E-state index in [1.54, 1.807) is 0 Å². The molecule has 1 aliphatic carbocycles. The predicted octanol–water partition coefficient (Wildman–Crippen LogP) is 0.518. The van der Waals surface area contributed by atoms with Crippen LogP contribution in [0.15, 0.2) is 0 Å². The molecule has 1 N–H and O–H groups in total. The fourth-order valence-electron chi connectivity index (χ4n) is 3.38. The number of rotatable bonds is 3. The Morgan fingerprint density at radius 3 is 2.88 bits per heavy atom. The van der Waals surface area contributed by atoms with Crippen molar-refractivity contribution in [1.29, 1.82) is 0 Å². The molecule has 0 aromatic rings. The molecule has 0 aromatic carbocycles. The van der Waals surface area contributed by atoms with Crippen molar-refractivity contribution in [3.05, 3.63) is 0 Å². The van der Waals surface area contributed by atoms with Crippen LogP contribution < -0.4 is 5.32 Å². The number of hydrogen-bond acceptors (Lipinski definition) is 4. The van der Waals surface area contributed by atoms with Gasteiger partial charge in [0, 0.05) is 18.6 Å². The second-order valence-corrected chi connectivity index (χ2v) is 5.33. The van der Waals surface area contributed by atoms with Crippen molar-refractivity contribution in [1.82, 2.24) is 10.2 Å². The maximum Gasteiger partial charge on any atom is 0.327 e. The van der Waals surface area contributed by atoms with E-state index in [2.05, 4.69) is 10.2 Å². The second kappa shape index (κ2) is 3.70. The van der Waals surface area contributed by atoms with Crippen molar-refractivity contribution < 1.29 is 9.53 Å². The average Bonchev–Trinajstić information content (AvgIpc) is 2.85. The quantitative estimate of drug-likeness (QED) is 0.710. The lowest BCUT2D eigenvalue weighted by Crippen LogP contribution is -2.60. The first-order chi connectivity index (χ1) is 7.76. The highest BCUT2D eigenvalue weighted by atomic mass is 16.5. The molecule has 3 fully saturated rings. The summed E-state index contributed by atoms with van der Waals surface area (Å²) in [5.41, 5.74) is -0.396. The zero-order chi connectivity index (χ0) is 11.2. The first-order valence-electron chi connectivity index (χ1n) is 6.36. The summed E-state index contributed by atoms with van der Waals surface area (Å²) in [6.07, 6.45) is 5.70. The largest absolute Gasteiger partial charge is 0.468 e. The van der Waals surface area contributed by atoms with Gasteiger partial charge in [-0.05, 0) is 38.6 Å². The fourth-order valence-corrected chi connectivity index (χ4v) is 3.38. The lowest BCUT2D eigenvalue weighted by atomic mass is 9.88. The number of ether oxygens (including phenoxy) is 1. The lowest BCUT2D eigenvalue weighted by molar-refractivity contribution is -0.149. The molecular formula is C12H20N2O2. The Bertz CT molecular complexity index is 303. The summed E-state index contributed by atoms with van der Waals surface area (Å²) in [5, 5.41) is 3.57. The van der Waals surface area contributed by atoms with Gasteiger partial charge in [0.2, 0.25) is 0 Å². The summed E-state index contributed by atoms with van der Waals surface area (Å²) in [5.74, 6) is -0.0474. The van der Waals surface area contributed by atoms with Crippen LogP contribution in [0.2, 0.25) is 0 Å². The smallest absolute Gasteiger partial charge is 0.327 e. The zero-order valence-electron chi connectivity index (χ0n) is 9.87. The van der Waals surface area contributed by atoms with Crippen molar-refractivity contribution in [2.75, 3.05) is 20.2 Å². The molecule has 2 atom stereocenters. The highest BCUT2D eigenvalue weighted by molar-refractivity contribution is 5.82. The minimum atomic E-state index is -0.396. The van der Waals surface area contributed by atoms with E-state index in [4.69, 9.17) is 4.74 Å². The van der Waals surface area contributed by atoms with Crippen LogP contribution in [0.25, 0.3) is 0 Å². The zero-order valence-corrected chi connectivity index (χ0v) is 9.87. The standard InChI is InChI=1S/C12H20N2O2/c1-16-11(15)12(13-9-4-5-9)6-8-14-7-2-3-10(12)14/h9-10,13H,2-8H2,1H3. The molecule has 0 amide bonds. The highest BCUT2D eigenvalue weighted by Gasteiger charge is 2.56. The van der Waals surface area contributed by atoms with E-state index in [-0.39, 0.29) is 5.97 Å². The van der Waals surface area contributed by atoms with Gasteiger partial charge in [-0.3, -0.25) is 10.2 Å². The molecule has 0 bridgehead atoms. The van der Waals surface area contributed by atoms with Gasteiger partial charge >= 0.3 is 5.97 Å². The number of esters is 1. The third-order valence-corrected chi connectivity index (χ3v) is 4.31. The van der Waals surface area contributed by atoms with Crippen LogP contribution >= 0.6 is 0 Å². The van der Waals surface area contributed by atoms with Gasteiger partial charge in [-0.2, -0.15) is 0 Å². The molecule has 16 heavy (non-hydrogen) atoms. The van der Waals surface area contributed by atoms with E-state index < -0.39 is 5.54 Å². The van der Waals surface area contributed by atoms with Gasteiger partial charge in [-0.1, -0.05) is 0 Å². The van der Waals surface area contributed by atoms with Gasteiger partial charge in [0.1, 0.15) is 5.54 Å². The van der Waals surface area contributed by atoms with Crippen molar-refractivity contribution in [3.63, 3.8) is 0 Å². The summed E-state index contributed by atoms with van der Waals surface area (Å²) in [7, 11) is 1.51. The molecule has 3 rings (SSSR count).